The summed E-state index contributed by atoms with van der Waals surface area (Å²) in [5, 5.41) is 10.5. The van der Waals surface area contributed by atoms with Gasteiger partial charge in [-0.1, -0.05) is 37.6 Å². The van der Waals surface area contributed by atoms with Crippen LogP contribution in [0.3, 0.4) is 0 Å². The first-order chi connectivity index (χ1) is 9.15. The number of nitrogens with one attached hydrogen (secondary N) is 1. The molecule has 0 aromatic heterocycles. The zero-order chi connectivity index (χ0) is 13.7. The van der Waals surface area contributed by atoms with Crippen LogP contribution in [0, 0.1) is 0 Å². The molecule has 1 saturated carbocycles. The average molecular weight is 280 g/mol. The maximum Gasteiger partial charge on any atom is 0.299 e. The van der Waals surface area contributed by atoms with Gasteiger partial charge in [-0.15, -0.1) is 10.2 Å². The Bertz CT molecular complexity index is 453. The number of hydrogen-bond donors (Lipinski definition) is 1. The van der Waals surface area contributed by atoms with E-state index >= 15 is 0 Å². The van der Waals surface area contributed by atoms with Crippen molar-refractivity contribution in [2.24, 2.45) is 15.2 Å². The lowest BCUT2D eigenvalue weighted by molar-refractivity contribution is -0.119. The highest BCUT2D eigenvalue weighted by Crippen LogP contribution is 2.18. The second-order valence-electron chi connectivity index (χ2n) is 4.54. The molecule has 2 amide bonds. The topological polar surface area (TPSA) is 83.2 Å². The largest absolute Gasteiger partial charge is 0.353 e. The number of thioether (sulfide) groups is 1. The minimum absolute atomic E-state index is 0.0241. The standard InChI is InChI=1S/C12H16N4O2S/c1-8-11(18)14-12(16-15-8)19-7-10(17)13-9-5-3-2-4-6-9/h9H,1-7H2,(H,13,17). The van der Waals surface area contributed by atoms with Crippen molar-refractivity contribution in [3.63, 3.8) is 0 Å². The highest BCUT2D eigenvalue weighted by molar-refractivity contribution is 8.14. The van der Waals surface area contributed by atoms with Gasteiger partial charge in [-0.2, -0.15) is 4.99 Å². The molecule has 0 radical (unpaired) electrons. The van der Waals surface area contributed by atoms with Crippen LogP contribution in [0.25, 0.3) is 0 Å². The Balaban J connectivity index is 1.74. The van der Waals surface area contributed by atoms with E-state index in [0.29, 0.717) is 0 Å². The highest BCUT2D eigenvalue weighted by Gasteiger charge is 2.18. The molecular weight excluding hydrogens is 264 g/mol. The summed E-state index contributed by atoms with van der Waals surface area (Å²) >= 11 is 1.12. The third kappa shape index (κ3) is 4.27. The predicted octanol–water partition coefficient (Wildman–Crippen LogP) is 2.03. The molecule has 19 heavy (non-hydrogen) atoms. The number of aliphatic imine (C=N–C) groups is 1. The average Bonchev–Trinajstić information content (AvgIpc) is 2.41. The van der Waals surface area contributed by atoms with Gasteiger partial charge in [0.1, 0.15) is 5.70 Å². The summed E-state index contributed by atoms with van der Waals surface area (Å²) in [4.78, 5) is 26.6. The quantitative estimate of drug-likeness (QED) is 0.803. The lowest BCUT2D eigenvalue weighted by Crippen LogP contribution is -2.37. The number of azo groups is 1. The van der Waals surface area contributed by atoms with Crippen molar-refractivity contribution in [2.75, 3.05) is 5.75 Å². The van der Waals surface area contributed by atoms with Gasteiger partial charge in [0.15, 0.2) is 0 Å². The molecule has 1 aliphatic heterocycles. The summed E-state index contributed by atoms with van der Waals surface area (Å²) in [7, 11) is 0. The van der Waals surface area contributed by atoms with Gasteiger partial charge in [0, 0.05) is 6.04 Å². The molecule has 2 aliphatic rings. The van der Waals surface area contributed by atoms with Crippen molar-refractivity contribution in [3.05, 3.63) is 12.3 Å². The van der Waals surface area contributed by atoms with Crippen LogP contribution >= 0.6 is 11.8 Å². The van der Waals surface area contributed by atoms with Gasteiger partial charge in [-0.25, -0.2) is 0 Å². The molecule has 7 heteroatoms. The fourth-order valence-corrected chi connectivity index (χ4v) is 2.62. The Hall–Kier alpha value is -1.50. The molecule has 0 spiro atoms. The zero-order valence-corrected chi connectivity index (χ0v) is 11.4. The molecule has 102 valence electrons. The number of amidine groups is 1. The highest BCUT2D eigenvalue weighted by atomic mass is 32.2. The van der Waals surface area contributed by atoms with Crippen molar-refractivity contribution in [1.29, 1.82) is 0 Å². The van der Waals surface area contributed by atoms with E-state index in [1.807, 2.05) is 0 Å². The number of hydrogen-bond acceptors (Lipinski definition) is 5. The van der Waals surface area contributed by atoms with Crippen LogP contribution in [0.1, 0.15) is 32.1 Å². The normalized spacial score (nSPS) is 20.3. The molecule has 1 fully saturated rings. The zero-order valence-electron chi connectivity index (χ0n) is 10.6. The van der Waals surface area contributed by atoms with Crippen molar-refractivity contribution < 1.29 is 9.59 Å². The number of carbonyl (C=O) groups is 2. The van der Waals surface area contributed by atoms with Crippen LogP contribution in [0.5, 0.6) is 0 Å². The molecule has 6 nitrogen and oxygen atoms in total. The Morgan fingerprint density at radius 1 is 1.32 bits per heavy atom. The lowest BCUT2D eigenvalue weighted by atomic mass is 9.95. The number of amides is 2. The second kappa shape index (κ2) is 6.60. The molecule has 1 N–H and O–H groups in total. The van der Waals surface area contributed by atoms with E-state index in [1.165, 1.54) is 19.3 Å². The lowest BCUT2D eigenvalue weighted by Gasteiger charge is -2.22. The van der Waals surface area contributed by atoms with E-state index in [0.717, 1.165) is 24.6 Å². The van der Waals surface area contributed by atoms with E-state index in [4.69, 9.17) is 0 Å². The predicted molar refractivity (Wildman–Crippen MR) is 73.9 cm³/mol. The summed E-state index contributed by atoms with van der Waals surface area (Å²) in [5.74, 6) is -0.342. The molecule has 0 saturated heterocycles. The minimum atomic E-state index is -0.495. The monoisotopic (exact) mass is 280 g/mol. The Morgan fingerprint density at radius 3 is 2.74 bits per heavy atom. The van der Waals surface area contributed by atoms with Crippen LogP contribution in [0.4, 0.5) is 0 Å². The van der Waals surface area contributed by atoms with E-state index in [1.54, 1.807) is 0 Å². The van der Waals surface area contributed by atoms with Gasteiger partial charge < -0.3 is 5.32 Å². The first kappa shape index (κ1) is 13.9. The van der Waals surface area contributed by atoms with Crippen molar-refractivity contribution in [3.8, 4) is 0 Å². The van der Waals surface area contributed by atoms with Gasteiger partial charge in [0.2, 0.25) is 11.1 Å². The summed E-state index contributed by atoms with van der Waals surface area (Å²) < 4.78 is 0. The SMILES string of the molecule is C=C1N=NC(SCC(=O)NC2CCCCC2)=NC1=O. The van der Waals surface area contributed by atoms with Gasteiger partial charge in [-0.05, 0) is 12.8 Å². The van der Waals surface area contributed by atoms with Gasteiger partial charge in [0.05, 0.1) is 5.75 Å². The molecule has 0 aromatic rings. The fraction of sp³-hybridized carbons (Fsp3) is 0.583. The van der Waals surface area contributed by atoms with Gasteiger partial charge in [0.25, 0.3) is 5.91 Å². The first-order valence-electron chi connectivity index (χ1n) is 6.31. The number of rotatable bonds is 3. The smallest absolute Gasteiger partial charge is 0.299 e. The van der Waals surface area contributed by atoms with Crippen LogP contribution in [0.2, 0.25) is 0 Å². The maximum atomic E-state index is 11.7. The van der Waals surface area contributed by atoms with Crippen LogP contribution in [-0.2, 0) is 9.59 Å². The third-order valence-corrected chi connectivity index (χ3v) is 3.84. The number of carbonyl (C=O) groups excluding carboxylic acids is 2. The van der Waals surface area contributed by atoms with E-state index in [-0.39, 0.29) is 28.6 Å². The second-order valence-corrected chi connectivity index (χ2v) is 5.48. The molecular formula is C12H16N4O2S. The van der Waals surface area contributed by atoms with Crippen molar-refractivity contribution in [1.82, 2.24) is 5.32 Å². The van der Waals surface area contributed by atoms with Crippen LogP contribution in [0.15, 0.2) is 27.5 Å². The first-order valence-corrected chi connectivity index (χ1v) is 7.29. The molecule has 0 unspecified atom stereocenters. The Labute approximate surface area is 115 Å². The van der Waals surface area contributed by atoms with Crippen molar-refractivity contribution >= 4 is 28.7 Å². The molecule has 0 bridgehead atoms. The van der Waals surface area contributed by atoms with E-state index in [9.17, 15) is 9.59 Å². The molecule has 2 rings (SSSR count). The summed E-state index contributed by atoms with van der Waals surface area (Å²) in [5.41, 5.74) is 0.0241. The Kier molecular flexibility index (Phi) is 4.84. The molecule has 1 aliphatic carbocycles. The van der Waals surface area contributed by atoms with Crippen molar-refractivity contribution in [2.45, 2.75) is 38.1 Å². The Morgan fingerprint density at radius 2 is 2.05 bits per heavy atom. The maximum absolute atomic E-state index is 11.7. The molecule has 1 heterocycles. The molecule has 0 atom stereocenters. The van der Waals surface area contributed by atoms with Crippen LogP contribution in [-0.4, -0.2) is 28.8 Å². The molecule has 0 aromatic carbocycles. The van der Waals surface area contributed by atoms with Gasteiger partial charge in [-0.3, -0.25) is 9.59 Å². The third-order valence-electron chi connectivity index (χ3n) is 3.00. The fourth-order valence-electron chi connectivity index (χ4n) is 2.03. The summed E-state index contributed by atoms with van der Waals surface area (Å²) in [6.07, 6.45) is 5.71. The summed E-state index contributed by atoms with van der Waals surface area (Å²) in [6.45, 7) is 3.40. The van der Waals surface area contributed by atoms with Gasteiger partial charge >= 0.3 is 0 Å². The summed E-state index contributed by atoms with van der Waals surface area (Å²) in [6, 6.07) is 0.290. The van der Waals surface area contributed by atoms with E-state index in [2.05, 4.69) is 27.1 Å². The number of nitrogens with zero attached hydrogens (tertiary/aromatic N) is 3. The van der Waals surface area contributed by atoms with Crippen LogP contribution < -0.4 is 5.32 Å². The van der Waals surface area contributed by atoms with E-state index < -0.39 is 5.91 Å². The minimum Gasteiger partial charge on any atom is -0.353 e.